The van der Waals surface area contributed by atoms with Gasteiger partial charge in [-0.15, -0.1) is 0 Å². The van der Waals surface area contributed by atoms with E-state index in [2.05, 4.69) is 11.8 Å². The lowest BCUT2D eigenvalue weighted by atomic mass is 10.0. The Morgan fingerprint density at radius 1 is 1.23 bits per heavy atom. The minimum Gasteiger partial charge on any atom is -0.322 e. The molecular formula is C17H23NO3S. The summed E-state index contributed by atoms with van der Waals surface area (Å²) in [5, 5.41) is 0. The van der Waals surface area contributed by atoms with Crippen molar-refractivity contribution in [3.8, 4) is 11.8 Å². The Bertz CT molecular complexity index is 651. The maximum Gasteiger partial charge on any atom is 0.175 e. The highest BCUT2D eigenvalue weighted by Gasteiger charge is 2.09. The number of hydrogen-bond acceptors (Lipinski definition) is 4. The van der Waals surface area contributed by atoms with Crippen LogP contribution in [0.15, 0.2) is 29.2 Å². The Labute approximate surface area is 133 Å². The van der Waals surface area contributed by atoms with E-state index in [0.29, 0.717) is 24.2 Å². The number of rotatable bonds is 7. The topological polar surface area (TPSA) is 77.2 Å². The van der Waals surface area contributed by atoms with E-state index in [1.54, 1.807) is 24.3 Å². The Morgan fingerprint density at radius 3 is 2.41 bits per heavy atom. The van der Waals surface area contributed by atoms with Crippen LogP contribution in [0.25, 0.3) is 0 Å². The Morgan fingerprint density at radius 2 is 1.86 bits per heavy atom. The molecule has 2 N–H and O–H groups in total. The summed E-state index contributed by atoms with van der Waals surface area (Å²) < 4.78 is 22.7. The summed E-state index contributed by atoms with van der Waals surface area (Å²) in [7, 11) is -3.16. The minimum absolute atomic E-state index is 0.117. The van der Waals surface area contributed by atoms with Crippen molar-refractivity contribution in [2.45, 2.75) is 50.0 Å². The van der Waals surface area contributed by atoms with Gasteiger partial charge in [-0.25, -0.2) is 8.42 Å². The van der Waals surface area contributed by atoms with E-state index >= 15 is 0 Å². The van der Waals surface area contributed by atoms with E-state index < -0.39 is 9.84 Å². The van der Waals surface area contributed by atoms with Crippen LogP contribution in [0, 0.1) is 11.8 Å². The van der Waals surface area contributed by atoms with E-state index in [1.165, 1.54) is 6.26 Å². The predicted octanol–water partition coefficient (Wildman–Crippen LogP) is 2.31. The fourth-order valence-electron chi connectivity index (χ4n) is 1.88. The molecule has 0 aliphatic heterocycles. The van der Waals surface area contributed by atoms with Gasteiger partial charge in [0.25, 0.3) is 0 Å². The van der Waals surface area contributed by atoms with Gasteiger partial charge >= 0.3 is 0 Å². The third kappa shape index (κ3) is 6.42. The lowest BCUT2D eigenvalue weighted by molar-refractivity contribution is -0.120. The smallest absolute Gasteiger partial charge is 0.175 e. The average molecular weight is 321 g/mol. The van der Waals surface area contributed by atoms with Crippen molar-refractivity contribution in [2.75, 3.05) is 6.26 Å². The molecule has 4 nitrogen and oxygen atoms in total. The molecule has 0 fully saturated rings. The van der Waals surface area contributed by atoms with Gasteiger partial charge in [0, 0.05) is 24.7 Å². The molecule has 1 rings (SSSR count). The average Bonchev–Trinajstić information content (AvgIpc) is 2.49. The highest BCUT2D eigenvalue weighted by Crippen LogP contribution is 2.09. The largest absolute Gasteiger partial charge is 0.322 e. The van der Waals surface area contributed by atoms with E-state index in [1.807, 2.05) is 6.92 Å². The summed E-state index contributed by atoms with van der Waals surface area (Å²) in [6, 6.07) is 6.19. The molecule has 0 heterocycles. The molecule has 120 valence electrons. The van der Waals surface area contributed by atoms with Gasteiger partial charge in [-0.2, -0.15) is 0 Å². The quantitative estimate of drug-likeness (QED) is 0.617. The molecule has 1 aromatic rings. The molecule has 0 aliphatic rings. The van der Waals surface area contributed by atoms with Crippen molar-refractivity contribution in [2.24, 2.45) is 5.73 Å². The van der Waals surface area contributed by atoms with Crippen molar-refractivity contribution in [1.82, 2.24) is 0 Å². The first-order chi connectivity index (χ1) is 10.3. The molecule has 0 amide bonds. The van der Waals surface area contributed by atoms with Crippen LogP contribution in [0.1, 0.15) is 44.6 Å². The molecule has 0 unspecified atom stereocenters. The number of carbonyl (C=O) groups is 1. The summed E-state index contributed by atoms with van der Waals surface area (Å²) in [5.74, 6) is 6.14. The molecule has 0 radical (unpaired) electrons. The number of nitrogens with two attached hydrogens (primary N) is 1. The highest BCUT2D eigenvalue weighted by atomic mass is 32.2. The highest BCUT2D eigenvalue weighted by molar-refractivity contribution is 7.90. The summed E-state index contributed by atoms with van der Waals surface area (Å²) in [5.41, 5.74) is 6.44. The lowest BCUT2D eigenvalue weighted by Gasteiger charge is -2.05. The van der Waals surface area contributed by atoms with Crippen LogP contribution >= 0.6 is 0 Å². The van der Waals surface area contributed by atoms with E-state index in [-0.39, 0.29) is 11.8 Å². The van der Waals surface area contributed by atoms with E-state index in [0.717, 1.165) is 18.4 Å². The van der Waals surface area contributed by atoms with Crippen molar-refractivity contribution < 1.29 is 13.2 Å². The van der Waals surface area contributed by atoms with Gasteiger partial charge in [-0.05, 0) is 43.5 Å². The van der Waals surface area contributed by atoms with E-state index in [9.17, 15) is 13.2 Å². The normalized spacial score (nSPS) is 12.3. The molecular weight excluding hydrogens is 298 g/mol. The SMILES string of the molecule is CC[C@H](N)C(=O)CCCCC#Cc1ccc(S(C)(=O)=O)cc1. The number of hydrogen-bond donors (Lipinski definition) is 1. The molecule has 1 atom stereocenters. The molecule has 0 saturated heterocycles. The van der Waals surface area contributed by atoms with Gasteiger partial charge in [0.1, 0.15) is 5.78 Å². The lowest BCUT2D eigenvalue weighted by Crippen LogP contribution is -2.29. The first kappa shape index (κ1) is 18.4. The van der Waals surface area contributed by atoms with Crippen LogP contribution in [0.3, 0.4) is 0 Å². The van der Waals surface area contributed by atoms with Crippen LogP contribution < -0.4 is 5.73 Å². The van der Waals surface area contributed by atoms with Gasteiger partial charge in [0.2, 0.25) is 0 Å². The number of Topliss-reactive ketones (excluding diaryl/α,β-unsaturated/α-hetero) is 1. The molecule has 5 heteroatoms. The molecule has 1 aromatic carbocycles. The standard InChI is InChI=1S/C17H23NO3S/c1-3-16(18)17(19)9-7-5-4-6-8-14-10-12-15(13-11-14)22(2,20)21/h10-13,16H,3-5,7,9,18H2,1-2H3/t16-/m0/s1. The Balaban J connectivity index is 2.38. The number of benzene rings is 1. The predicted molar refractivity (Wildman–Crippen MR) is 88.2 cm³/mol. The zero-order valence-electron chi connectivity index (χ0n) is 13.1. The third-order valence-electron chi connectivity index (χ3n) is 3.34. The van der Waals surface area contributed by atoms with Gasteiger partial charge < -0.3 is 5.73 Å². The van der Waals surface area contributed by atoms with E-state index in [4.69, 9.17) is 5.73 Å². The monoisotopic (exact) mass is 321 g/mol. The molecule has 0 aromatic heterocycles. The van der Waals surface area contributed by atoms with Crippen LogP contribution in [0.2, 0.25) is 0 Å². The van der Waals surface area contributed by atoms with Crippen LogP contribution in [-0.2, 0) is 14.6 Å². The fraction of sp³-hybridized carbons (Fsp3) is 0.471. The maximum atomic E-state index is 11.5. The molecule has 22 heavy (non-hydrogen) atoms. The summed E-state index contributed by atoms with van der Waals surface area (Å²) >= 11 is 0. The second-order valence-corrected chi connectivity index (χ2v) is 7.30. The first-order valence-electron chi connectivity index (χ1n) is 7.42. The second-order valence-electron chi connectivity index (χ2n) is 5.29. The fourth-order valence-corrected chi connectivity index (χ4v) is 2.51. The number of ketones is 1. The number of unbranched alkanes of at least 4 members (excludes halogenated alkanes) is 2. The molecule has 0 bridgehead atoms. The zero-order chi connectivity index (χ0) is 16.6. The summed E-state index contributed by atoms with van der Waals surface area (Å²) in [6.07, 6.45) is 4.74. The first-order valence-corrected chi connectivity index (χ1v) is 9.31. The van der Waals surface area contributed by atoms with Gasteiger partial charge in [-0.3, -0.25) is 4.79 Å². The van der Waals surface area contributed by atoms with Gasteiger partial charge in [-0.1, -0.05) is 18.8 Å². The summed E-state index contributed by atoms with van der Waals surface area (Å²) in [4.78, 5) is 11.8. The molecule has 0 spiro atoms. The van der Waals surface area contributed by atoms with Crippen molar-refractivity contribution in [1.29, 1.82) is 0 Å². The van der Waals surface area contributed by atoms with Gasteiger partial charge in [0.05, 0.1) is 10.9 Å². The van der Waals surface area contributed by atoms with Crippen molar-refractivity contribution in [3.63, 3.8) is 0 Å². The number of carbonyl (C=O) groups excluding carboxylic acids is 1. The second kappa shape index (κ2) is 8.72. The van der Waals surface area contributed by atoms with Crippen molar-refractivity contribution >= 4 is 15.6 Å². The number of sulfone groups is 1. The van der Waals surface area contributed by atoms with Crippen LogP contribution in [0.5, 0.6) is 0 Å². The zero-order valence-corrected chi connectivity index (χ0v) is 13.9. The van der Waals surface area contributed by atoms with Gasteiger partial charge in [0.15, 0.2) is 9.84 Å². The molecule has 0 aliphatic carbocycles. The van der Waals surface area contributed by atoms with Crippen molar-refractivity contribution in [3.05, 3.63) is 29.8 Å². The summed E-state index contributed by atoms with van der Waals surface area (Å²) in [6.45, 7) is 1.91. The molecule has 0 saturated carbocycles. The minimum atomic E-state index is -3.16. The Kier molecular flexibility index (Phi) is 7.30. The maximum absolute atomic E-state index is 11.5. The third-order valence-corrected chi connectivity index (χ3v) is 4.47. The van der Waals surface area contributed by atoms with Crippen LogP contribution in [-0.4, -0.2) is 26.5 Å². The van der Waals surface area contributed by atoms with Crippen LogP contribution in [0.4, 0.5) is 0 Å². The Hall–Kier alpha value is -1.64.